The molecular formula is C15H10ClF3N2S. The Kier molecular flexibility index (Phi) is 3.97. The summed E-state index contributed by atoms with van der Waals surface area (Å²) in [4.78, 5) is 6.81. The molecule has 2 nitrogen and oxygen atoms in total. The molecule has 7 heteroatoms. The topological polar surface area (TPSA) is 24.9 Å². The Bertz CT molecular complexity index is 797. The van der Waals surface area contributed by atoms with Gasteiger partial charge in [-0.2, -0.15) is 13.2 Å². The van der Waals surface area contributed by atoms with Crippen molar-refractivity contribution >= 4 is 39.0 Å². The first-order valence-electron chi connectivity index (χ1n) is 6.38. The van der Waals surface area contributed by atoms with Crippen LogP contribution in [0.25, 0.3) is 10.2 Å². The zero-order chi connectivity index (χ0) is 15.7. The highest BCUT2D eigenvalue weighted by Crippen LogP contribution is 2.33. The average molecular weight is 343 g/mol. The summed E-state index contributed by atoms with van der Waals surface area (Å²) in [7, 11) is 0. The molecule has 22 heavy (non-hydrogen) atoms. The first kappa shape index (κ1) is 15.1. The summed E-state index contributed by atoms with van der Waals surface area (Å²) in [6, 6.07) is 11.1. The second-order valence-electron chi connectivity index (χ2n) is 4.76. The first-order chi connectivity index (χ1) is 10.5. The van der Waals surface area contributed by atoms with Gasteiger partial charge in [-0.15, -0.1) is 11.3 Å². The minimum absolute atomic E-state index is 0.383. The molecule has 0 aliphatic carbocycles. The zero-order valence-corrected chi connectivity index (χ0v) is 12.7. The lowest BCUT2D eigenvalue weighted by Gasteiger charge is -2.04. The van der Waals surface area contributed by atoms with Crippen LogP contribution in [0.1, 0.15) is 16.1 Å². The number of alkyl halides is 3. The molecule has 0 spiro atoms. The maximum absolute atomic E-state index is 12.7. The number of fused-ring (bicyclic) bond motifs is 1. The summed E-state index contributed by atoms with van der Waals surface area (Å²) < 4.78 is 38.9. The summed E-state index contributed by atoms with van der Waals surface area (Å²) in [6.07, 6.45) is -3.77. The monoisotopic (exact) mass is 342 g/mol. The Labute approximate surface area is 133 Å². The quantitative estimate of drug-likeness (QED) is 0.638. The molecule has 0 saturated carbocycles. The number of anilines is 1. The van der Waals surface area contributed by atoms with Gasteiger partial charge in [-0.3, -0.25) is 4.84 Å². The number of benzene rings is 2. The Morgan fingerprint density at radius 1 is 1.09 bits per heavy atom. The van der Waals surface area contributed by atoms with Gasteiger partial charge in [0.1, 0.15) is 0 Å². The zero-order valence-electron chi connectivity index (χ0n) is 11.1. The van der Waals surface area contributed by atoms with E-state index >= 15 is 0 Å². The van der Waals surface area contributed by atoms with Gasteiger partial charge >= 0.3 is 6.18 Å². The molecule has 0 aliphatic rings. The van der Waals surface area contributed by atoms with E-state index in [1.807, 2.05) is 24.3 Å². The first-order valence-corrected chi connectivity index (χ1v) is 7.57. The van der Waals surface area contributed by atoms with Crippen molar-refractivity contribution in [2.45, 2.75) is 12.6 Å². The van der Waals surface area contributed by atoms with E-state index in [1.165, 1.54) is 17.4 Å². The van der Waals surface area contributed by atoms with E-state index in [2.05, 4.69) is 9.82 Å². The van der Waals surface area contributed by atoms with E-state index in [1.54, 1.807) is 0 Å². The fourth-order valence-corrected chi connectivity index (χ4v) is 3.20. The van der Waals surface area contributed by atoms with E-state index < -0.39 is 11.7 Å². The van der Waals surface area contributed by atoms with Crippen LogP contribution in [0.3, 0.4) is 0 Å². The predicted octanol–water partition coefficient (Wildman–Crippen LogP) is 5.47. The highest BCUT2D eigenvalue weighted by Gasteiger charge is 2.30. The van der Waals surface area contributed by atoms with Crippen LogP contribution >= 0.6 is 23.1 Å². The third kappa shape index (κ3) is 3.18. The fourth-order valence-electron chi connectivity index (χ4n) is 2.09. The van der Waals surface area contributed by atoms with Crippen LogP contribution in [0.15, 0.2) is 42.5 Å². The van der Waals surface area contributed by atoms with Crippen molar-refractivity contribution in [3.05, 3.63) is 58.6 Å². The molecule has 1 aromatic heterocycles. The highest BCUT2D eigenvalue weighted by molar-refractivity contribution is 7.18. The van der Waals surface area contributed by atoms with Crippen molar-refractivity contribution in [1.82, 2.24) is 4.98 Å². The molecule has 0 saturated heterocycles. The van der Waals surface area contributed by atoms with Gasteiger partial charge in [0.2, 0.25) is 0 Å². The minimum atomic E-state index is -4.34. The molecular weight excluding hydrogens is 333 g/mol. The van der Waals surface area contributed by atoms with Crippen LogP contribution in [0, 0.1) is 0 Å². The third-order valence-corrected chi connectivity index (χ3v) is 4.43. The Morgan fingerprint density at radius 3 is 2.45 bits per heavy atom. The summed E-state index contributed by atoms with van der Waals surface area (Å²) in [6.45, 7) is 0. The van der Waals surface area contributed by atoms with Gasteiger partial charge in [0, 0.05) is 23.9 Å². The number of thiazole rings is 1. The molecule has 0 atom stereocenters. The summed E-state index contributed by atoms with van der Waals surface area (Å²) in [5.74, 6) is 0. The number of aromatic nitrogens is 1. The largest absolute Gasteiger partial charge is 0.416 e. The number of nitrogens with zero attached hydrogens (tertiary/aromatic N) is 1. The van der Waals surface area contributed by atoms with E-state index in [-0.39, 0.29) is 0 Å². The van der Waals surface area contributed by atoms with Gasteiger partial charge in [0.15, 0.2) is 0 Å². The molecule has 0 amide bonds. The summed E-state index contributed by atoms with van der Waals surface area (Å²) in [5, 5.41) is 0.779. The van der Waals surface area contributed by atoms with E-state index in [0.717, 1.165) is 33.1 Å². The number of halogens is 4. The van der Waals surface area contributed by atoms with Crippen molar-refractivity contribution < 1.29 is 13.2 Å². The van der Waals surface area contributed by atoms with Crippen LogP contribution in [0.5, 0.6) is 0 Å². The van der Waals surface area contributed by atoms with Crippen molar-refractivity contribution in [2.24, 2.45) is 0 Å². The van der Waals surface area contributed by atoms with Crippen molar-refractivity contribution in [3.63, 3.8) is 0 Å². The number of rotatable bonds is 3. The Hall–Kier alpha value is -1.79. The lowest BCUT2D eigenvalue weighted by Crippen LogP contribution is -2.03. The van der Waals surface area contributed by atoms with E-state index in [9.17, 15) is 13.2 Å². The van der Waals surface area contributed by atoms with Crippen LogP contribution in [-0.2, 0) is 12.6 Å². The Morgan fingerprint density at radius 2 is 1.82 bits per heavy atom. The lowest BCUT2D eigenvalue weighted by molar-refractivity contribution is -0.137. The second kappa shape index (κ2) is 5.78. The molecule has 1 heterocycles. The SMILES string of the molecule is FC(F)(F)c1ccc2sc(Cc3ccc(NCl)cc3)nc2c1. The fraction of sp³-hybridized carbons (Fsp3) is 0.133. The molecule has 0 fully saturated rings. The normalized spacial score (nSPS) is 11.8. The van der Waals surface area contributed by atoms with Crippen LogP contribution in [0.4, 0.5) is 18.9 Å². The van der Waals surface area contributed by atoms with Crippen molar-refractivity contribution in [1.29, 1.82) is 0 Å². The number of hydrogen-bond acceptors (Lipinski definition) is 3. The van der Waals surface area contributed by atoms with Crippen molar-refractivity contribution in [3.8, 4) is 0 Å². The molecule has 0 aliphatic heterocycles. The van der Waals surface area contributed by atoms with Gasteiger partial charge in [-0.1, -0.05) is 12.1 Å². The lowest BCUT2D eigenvalue weighted by atomic mass is 10.1. The molecule has 3 rings (SSSR count). The second-order valence-corrected chi connectivity index (χ2v) is 6.06. The van der Waals surface area contributed by atoms with Gasteiger partial charge < -0.3 is 0 Å². The van der Waals surface area contributed by atoms with Crippen LogP contribution in [-0.4, -0.2) is 4.98 Å². The van der Waals surface area contributed by atoms with Gasteiger partial charge in [0.05, 0.1) is 20.8 Å². The molecule has 0 radical (unpaired) electrons. The number of nitrogens with one attached hydrogen (secondary N) is 1. The third-order valence-electron chi connectivity index (χ3n) is 3.18. The van der Waals surface area contributed by atoms with E-state index in [0.29, 0.717) is 11.9 Å². The summed E-state index contributed by atoms with van der Waals surface area (Å²) in [5.41, 5.74) is 1.51. The van der Waals surface area contributed by atoms with Gasteiger partial charge in [-0.05, 0) is 35.9 Å². The number of hydrogen-bond donors (Lipinski definition) is 1. The van der Waals surface area contributed by atoms with E-state index in [4.69, 9.17) is 11.8 Å². The van der Waals surface area contributed by atoms with Gasteiger partial charge in [0.25, 0.3) is 0 Å². The Balaban J connectivity index is 1.88. The maximum Gasteiger partial charge on any atom is 0.416 e. The highest BCUT2D eigenvalue weighted by atomic mass is 35.5. The maximum atomic E-state index is 12.7. The summed E-state index contributed by atoms with van der Waals surface area (Å²) >= 11 is 6.89. The van der Waals surface area contributed by atoms with Crippen LogP contribution in [0.2, 0.25) is 0 Å². The minimum Gasteiger partial charge on any atom is -0.299 e. The molecule has 0 bridgehead atoms. The smallest absolute Gasteiger partial charge is 0.299 e. The molecule has 1 N–H and O–H groups in total. The van der Waals surface area contributed by atoms with Crippen LogP contribution < -0.4 is 4.84 Å². The molecule has 0 unspecified atom stereocenters. The predicted molar refractivity (Wildman–Crippen MR) is 83.3 cm³/mol. The van der Waals surface area contributed by atoms with Gasteiger partial charge in [-0.25, -0.2) is 4.98 Å². The molecule has 3 aromatic rings. The molecule has 114 valence electrons. The molecule has 2 aromatic carbocycles. The average Bonchev–Trinajstić information content (AvgIpc) is 2.88. The van der Waals surface area contributed by atoms with Crippen molar-refractivity contribution in [2.75, 3.05) is 4.84 Å². The standard InChI is InChI=1S/C15H10ClF3N2S/c16-21-11-4-1-9(2-5-11)7-14-20-12-8-10(15(17,18)19)3-6-13(12)22-14/h1-6,8,21H,7H2.